The Kier molecular flexibility index (Phi) is 4.60. The molecular formula is C20H19FN6O. The summed E-state index contributed by atoms with van der Waals surface area (Å²) in [5.74, 6) is -0.619. The highest BCUT2D eigenvalue weighted by molar-refractivity contribution is 6.06. The molecule has 0 aliphatic carbocycles. The number of carbonyl (C=O) groups excluding carboxylic acids is 1. The van der Waals surface area contributed by atoms with Crippen LogP contribution in [0.4, 0.5) is 4.39 Å². The lowest BCUT2D eigenvalue weighted by molar-refractivity contribution is 0.0952. The molecule has 4 aromatic rings. The van der Waals surface area contributed by atoms with E-state index in [1.165, 1.54) is 10.7 Å². The molecule has 0 aliphatic rings. The fraction of sp³-hybridized carbons (Fsp3) is 0.200. The summed E-state index contributed by atoms with van der Waals surface area (Å²) in [5.41, 5.74) is 2.29. The van der Waals surface area contributed by atoms with Gasteiger partial charge < -0.3 is 5.32 Å². The second kappa shape index (κ2) is 7.22. The highest BCUT2D eigenvalue weighted by Gasteiger charge is 2.15. The van der Waals surface area contributed by atoms with E-state index in [0.29, 0.717) is 16.9 Å². The number of benzene rings is 2. The van der Waals surface area contributed by atoms with Gasteiger partial charge in [-0.15, -0.1) is 5.10 Å². The van der Waals surface area contributed by atoms with Crippen molar-refractivity contribution in [3.8, 4) is 5.69 Å². The molecule has 0 radical (unpaired) electrons. The average molecular weight is 378 g/mol. The predicted octanol–water partition coefficient (Wildman–Crippen LogP) is 3.27. The lowest BCUT2D eigenvalue weighted by atomic mass is 10.1. The number of rotatable bonds is 5. The third-order valence-corrected chi connectivity index (χ3v) is 4.45. The molecule has 0 spiro atoms. The largest absolute Gasteiger partial charge is 0.346 e. The van der Waals surface area contributed by atoms with Crippen LogP contribution in [0.25, 0.3) is 16.6 Å². The van der Waals surface area contributed by atoms with Crippen molar-refractivity contribution in [2.45, 2.75) is 26.4 Å². The number of amides is 1. The van der Waals surface area contributed by atoms with Crippen LogP contribution in [-0.2, 0) is 6.54 Å². The minimum atomic E-state index is -0.392. The molecule has 8 heteroatoms. The van der Waals surface area contributed by atoms with Gasteiger partial charge in [0.25, 0.3) is 5.91 Å². The molecule has 2 heterocycles. The van der Waals surface area contributed by atoms with E-state index in [2.05, 4.69) is 20.7 Å². The zero-order chi connectivity index (χ0) is 19.7. The second-order valence-electron chi connectivity index (χ2n) is 6.71. The van der Waals surface area contributed by atoms with Crippen LogP contribution in [0.5, 0.6) is 0 Å². The normalized spacial score (nSPS) is 11.3. The molecule has 4 rings (SSSR count). The van der Waals surface area contributed by atoms with E-state index in [4.69, 9.17) is 0 Å². The van der Waals surface area contributed by atoms with Crippen LogP contribution in [0.3, 0.4) is 0 Å². The number of para-hydroxylation sites is 1. The molecule has 0 unspecified atom stereocenters. The molecule has 1 amide bonds. The van der Waals surface area contributed by atoms with Crippen molar-refractivity contribution in [2.24, 2.45) is 0 Å². The summed E-state index contributed by atoms with van der Waals surface area (Å²) in [5, 5.41) is 15.9. The molecule has 2 aromatic carbocycles. The van der Waals surface area contributed by atoms with E-state index in [9.17, 15) is 9.18 Å². The van der Waals surface area contributed by atoms with Crippen LogP contribution in [0.15, 0.2) is 54.9 Å². The zero-order valence-corrected chi connectivity index (χ0v) is 15.5. The molecule has 0 bridgehead atoms. The van der Waals surface area contributed by atoms with Crippen molar-refractivity contribution in [1.82, 2.24) is 30.1 Å². The summed E-state index contributed by atoms with van der Waals surface area (Å²) in [6.07, 6.45) is 3.30. The van der Waals surface area contributed by atoms with Crippen molar-refractivity contribution in [3.05, 3.63) is 71.9 Å². The molecule has 28 heavy (non-hydrogen) atoms. The predicted molar refractivity (Wildman–Crippen MR) is 103 cm³/mol. The van der Waals surface area contributed by atoms with E-state index in [1.807, 2.05) is 30.7 Å². The topological polar surface area (TPSA) is 77.6 Å². The Labute approximate surface area is 160 Å². The van der Waals surface area contributed by atoms with Gasteiger partial charge in [-0.2, -0.15) is 5.10 Å². The molecule has 0 saturated heterocycles. The van der Waals surface area contributed by atoms with Gasteiger partial charge in [0, 0.05) is 11.4 Å². The summed E-state index contributed by atoms with van der Waals surface area (Å²) in [6, 6.07) is 12.0. The third-order valence-electron chi connectivity index (χ3n) is 4.45. The van der Waals surface area contributed by atoms with E-state index < -0.39 is 5.82 Å². The summed E-state index contributed by atoms with van der Waals surface area (Å²) >= 11 is 0. The number of nitrogens with zero attached hydrogens (tertiary/aromatic N) is 5. The first-order valence-corrected chi connectivity index (χ1v) is 8.95. The number of carbonyl (C=O) groups is 1. The van der Waals surface area contributed by atoms with Gasteiger partial charge in [0.2, 0.25) is 0 Å². The molecule has 0 aliphatic heterocycles. The average Bonchev–Trinajstić information content (AvgIpc) is 3.33. The minimum Gasteiger partial charge on any atom is -0.346 e. The fourth-order valence-electron chi connectivity index (χ4n) is 3.08. The first kappa shape index (κ1) is 17.8. The Morgan fingerprint density at radius 2 is 2.00 bits per heavy atom. The number of fused-ring (bicyclic) bond motifs is 1. The zero-order valence-electron chi connectivity index (χ0n) is 15.5. The maximum absolute atomic E-state index is 13.9. The number of nitrogens with one attached hydrogen (secondary N) is 1. The third kappa shape index (κ3) is 3.24. The first-order valence-electron chi connectivity index (χ1n) is 8.95. The van der Waals surface area contributed by atoms with Crippen LogP contribution in [-0.4, -0.2) is 30.7 Å². The maximum Gasteiger partial charge on any atom is 0.252 e. The van der Waals surface area contributed by atoms with Crippen LogP contribution < -0.4 is 5.32 Å². The Bertz CT molecular complexity index is 1150. The van der Waals surface area contributed by atoms with Gasteiger partial charge in [0.05, 0.1) is 30.0 Å². The van der Waals surface area contributed by atoms with E-state index in [1.54, 1.807) is 36.7 Å². The number of hydrogen-bond donors (Lipinski definition) is 1. The molecule has 0 fully saturated rings. The Morgan fingerprint density at radius 3 is 2.79 bits per heavy atom. The van der Waals surface area contributed by atoms with Gasteiger partial charge in [-0.1, -0.05) is 23.4 Å². The Hall–Kier alpha value is -3.55. The van der Waals surface area contributed by atoms with Gasteiger partial charge in [-0.3, -0.25) is 9.48 Å². The molecule has 1 N–H and O–H groups in total. The van der Waals surface area contributed by atoms with Crippen LogP contribution in [0.1, 0.15) is 35.9 Å². The van der Waals surface area contributed by atoms with Gasteiger partial charge in [-0.25, -0.2) is 9.07 Å². The van der Waals surface area contributed by atoms with Crippen LogP contribution >= 0.6 is 0 Å². The molecule has 0 atom stereocenters. The van der Waals surface area contributed by atoms with Crippen molar-refractivity contribution in [1.29, 1.82) is 0 Å². The molecular weight excluding hydrogens is 359 g/mol. The lowest BCUT2D eigenvalue weighted by Crippen LogP contribution is -2.23. The van der Waals surface area contributed by atoms with Crippen molar-refractivity contribution >= 4 is 16.8 Å². The molecule has 7 nitrogen and oxygen atoms in total. The Morgan fingerprint density at radius 1 is 1.18 bits per heavy atom. The quantitative estimate of drug-likeness (QED) is 0.578. The van der Waals surface area contributed by atoms with Crippen molar-refractivity contribution < 1.29 is 9.18 Å². The van der Waals surface area contributed by atoms with Gasteiger partial charge in [0.1, 0.15) is 17.2 Å². The SMILES string of the molecule is CC(C)n1ncc2c(C(=O)NCc3cn(-c4ccccc4F)nn3)cccc21. The number of halogens is 1. The van der Waals surface area contributed by atoms with E-state index in [-0.39, 0.29) is 18.5 Å². The van der Waals surface area contributed by atoms with Crippen LogP contribution in [0, 0.1) is 5.82 Å². The second-order valence-corrected chi connectivity index (χ2v) is 6.71. The number of aromatic nitrogens is 5. The first-order chi connectivity index (χ1) is 13.5. The summed E-state index contributed by atoms with van der Waals surface area (Å²) in [4.78, 5) is 12.7. The van der Waals surface area contributed by atoms with Crippen molar-refractivity contribution in [3.63, 3.8) is 0 Å². The van der Waals surface area contributed by atoms with Gasteiger partial charge >= 0.3 is 0 Å². The van der Waals surface area contributed by atoms with Crippen LogP contribution in [0.2, 0.25) is 0 Å². The Balaban J connectivity index is 1.51. The standard InChI is InChI=1S/C20H19FN6O/c1-13(2)27-18-9-5-6-15(16(18)11-23-27)20(28)22-10-14-12-26(25-24-14)19-8-4-3-7-17(19)21/h3-9,11-13H,10H2,1-2H3,(H,22,28). The molecule has 2 aromatic heterocycles. The van der Waals surface area contributed by atoms with Crippen molar-refractivity contribution in [2.75, 3.05) is 0 Å². The molecule has 0 saturated carbocycles. The highest BCUT2D eigenvalue weighted by atomic mass is 19.1. The summed E-state index contributed by atoms with van der Waals surface area (Å²) < 4.78 is 17.1. The number of hydrogen-bond acceptors (Lipinski definition) is 4. The maximum atomic E-state index is 13.9. The molecule has 142 valence electrons. The lowest BCUT2D eigenvalue weighted by Gasteiger charge is -2.08. The highest BCUT2D eigenvalue weighted by Crippen LogP contribution is 2.21. The minimum absolute atomic E-state index is 0.183. The monoisotopic (exact) mass is 378 g/mol. The van der Waals surface area contributed by atoms with Gasteiger partial charge in [-0.05, 0) is 38.1 Å². The van der Waals surface area contributed by atoms with E-state index >= 15 is 0 Å². The fourth-order valence-corrected chi connectivity index (χ4v) is 3.08. The van der Waals surface area contributed by atoms with Gasteiger partial charge in [0.15, 0.2) is 0 Å². The summed E-state index contributed by atoms with van der Waals surface area (Å²) in [7, 11) is 0. The summed E-state index contributed by atoms with van der Waals surface area (Å²) in [6.45, 7) is 4.26. The van der Waals surface area contributed by atoms with E-state index in [0.717, 1.165) is 10.9 Å². The smallest absolute Gasteiger partial charge is 0.252 e.